The number of nitrogens with two attached hydrogens (primary N) is 1. The van der Waals surface area contributed by atoms with Gasteiger partial charge in [0.15, 0.2) is 0 Å². The average Bonchev–Trinajstić information content (AvgIpc) is 3.88. The van der Waals surface area contributed by atoms with Crippen LogP contribution in [0.4, 0.5) is 19.0 Å². The number of halogens is 3. The monoisotopic (exact) mass is 615 g/mol. The molecule has 7 rings (SSSR count). The molecule has 43 heavy (non-hydrogen) atoms. The van der Waals surface area contributed by atoms with E-state index in [4.69, 9.17) is 10.7 Å². The summed E-state index contributed by atoms with van der Waals surface area (Å²) < 4.78 is 69.9. The number of imidazole rings is 1. The molecule has 4 aromatic heterocycles. The van der Waals surface area contributed by atoms with Gasteiger partial charge in [-0.1, -0.05) is 0 Å². The van der Waals surface area contributed by atoms with E-state index in [1.807, 2.05) is 21.2 Å². The van der Waals surface area contributed by atoms with Gasteiger partial charge in [0.05, 0.1) is 23.7 Å². The molecular weight excluding hydrogens is 583 g/mol. The molecule has 3 fully saturated rings. The molecule has 0 spiro atoms. The number of likely N-dealkylation sites (tertiary alicyclic amines) is 1. The number of sulfonamides is 1. The Bertz CT molecular complexity index is 1850. The van der Waals surface area contributed by atoms with E-state index in [2.05, 4.69) is 4.98 Å². The topological polar surface area (TPSA) is 119 Å². The van der Waals surface area contributed by atoms with Crippen LogP contribution in [0.25, 0.3) is 28.1 Å². The van der Waals surface area contributed by atoms with Crippen LogP contribution in [0.3, 0.4) is 0 Å². The van der Waals surface area contributed by atoms with Gasteiger partial charge >= 0.3 is 6.55 Å². The zero-order chi connectivity index (χ0) is 30.2. The van der Waals surface area contributed by atoms with E-state index in [0.717, 1.165) is 49.0 Å². The van der Waals surface area contributed by atoms with Gasteiger partial charge in [0, 0.05) is 42.7 Å². The normalized spacial score (nSPS) is 21.3. The zero-order valence-electron chi connectivity index (χ0n) is 23.5. The quantitative estimate of drug-likeness (QED) is 0.298. The highest BCUT2D eigenvalue weighted by Crippen LogP contribution is 2.46. The van der Waals surface area contributed by atoms with E-state index in [1.54, 1.807) is 23.1 Å². The van der Waals surface area contributed by atoms with Gasteiger partial charge in [0.25, 0.3) is 5.91 Å². The largest absolute Gasteiger partial charge is 0.337 e. The fourth-order valence-electron chi connectivity index (χ4n) is 6.05. The van der Waals surface area contributed by atoms with Crippen molar-refractivity contribution in [1.29, 1.82) is 0 Å². The second kappa shape index (κ2) is 10.2. The lowest BCUT2D eigenvalue weighted by Gasteiger charge is -2.33. The van der Waals surface area contributed by atoms with Crippen molar-refractivity contribution in [3.8, 4) is 11.4 Å². The third-order valence-corrected chi connectivity index (χ3v) is 9.66. The summed E-state index contributed by atoms with van der Waals surface area (Å²) in [6.45, 7) is -2.24. The Morgan fingerprint density at radius 2 is 1.88 bits per heavy atom. The Morgan fingerprint density at radius 3 is 2.53 bits per heavy atom. The first kappa shape index (κ1) is 28.1. The highest BCUT2D eigenvalue weighted by Gasteiger charge is 2.35. The number of carbonyl (C=O) groups is 1. The SMILES string of the molecule is CS(=O)(=O)N(c1ccc2cc(-c3nc4cc(C(=O)N5CC[C@@H](F)[C@@H](N)C5)ccn4c3C3CC3)n(CC3CC3)c2n1)C(F)F. The molecule has 2 atom stereocenters. The van der Waals surface area contributed by atoms with Gasteiger partial charge < -0.3 is 19.6 Å². The number of pyridine rings is 2. The molecule has 3 aliphatic rings. The lowest BCUT2D eigenvalue weighted by Crippen LogP contribution is -2.51. The smallest absolute Gasteiger partial charge is 0.329 e. The van der Waals surface area contributed by atoms with Crippen molar-refractivity contribution in [2.45, 2.75) is 63.3 Å². The fourth-order valence-corrected chi connectivity index (χ4v) is 6.78. The first-order chi connectivity index (χ1) is 20.5. The van der Waals surface area contributed by atoms with E-state index < -0.39 is 28.8 Å². The van der Waals surface area contributed by atoms with Gasteiger partial charge in [-0.3, -0.25) is 4.79 Å². The first-order valence-corrected chi connectivity index (χ1v) is 16.3. The lowest BCUT2D eigenvalue weighted by atomic mass is 10.0. The molecule has 0 unspecified atom stereocenters. The first-order valence-electron chi connectivity index (χ1n) is 14.5. The van der Waals surface area contributed by atoms with Crippen LogP contribution < -0.4 is 10.0 Å². The molecule has 1 aliphatic heterocycles. The van der Waals surface area contributed by atoms with Crippen molar-refractivity contribution < 1.29 is 26.4 Å². The van der Waals surface area contributed by atoms with Crippen molar-refractivity contribution in [2.24, 2.45) is 11.7 Å². The molecule has 4 aromatic rings. The highest BCUT2D eigenvalue weighted by atomic mass is 32.2. The van der Waals surface area contributed by atoms with E-state index >= 15 is 0 Å². The van der Waals surface area contributed by atoms with Crippen LogP contribution in [-0.4, -0.2) is 76.3 Å². The minimum atomic E-state index is -4.27. The Kier molecular flexibility index (Phi) is 6.69. The predicted molar refractivity (Wildman–Crippen MR) is 155 cm³/mol. The van der Waals surface area contributed by atoms with Gasteiger partial charge in [0.1, 0.15) is 29.0 Å². The fraction of sp³-hybridized carbons (Fsp3) is 0.483. The van der Waals surface area contributed by atoms with Gasteiger partial charge in [0.2, 0.25) is 10.0 Å². The number of carbonyl (C=O) groups excluding carboxylic acids is 1. The van der Waals surface area contributed by atoms with Crippen LogP contribution in [0.15, 0.2) is 36.5 Å². The summed E-state index contributed by atoms with van der Waals surface area (Å²) in [7, 11) is -4.27. The third-order valence-electron chi connectivity index (χ3n) is 8.60. The van der Waals surface area contributed by atoms with Crippen molar-refractivity contribution in [3.05, 3.63) is 47.8 Å². The molecule has 14 heteroatoms. The second-order valence-electron chi connectivity index (χ2n) is 12.0. The summed E-state index contributed by atoms with van der Waals surface area (Å²) in [6.07, 6.45) is 5.68. The summed E-state index contributed by atoms with van der Waals surface area (Å²) >= 11 is 0. The summed E-state index contributed by atoms with van der Waals surface area (Å²) in [5, 5.41) is 0.685. The van der Waals surface area contributed by atoms with Crippen LogP contribution in [0.5, 0.6) is 0 Å². The van der Waals surface area contributed by atoms with E-state index in [9.17, 15) is 26.4 Å². The molecule has 228 valence electrons. The van der Waals surface area contributed by atoms with Crippen LogP contribution in [0.2, 0.25) is 0 Å². The number of hydrogen-bond acceptors (Lipinski definition) is 6. The van der Waals surface area contributed by atoms with Crippen molar-refractivity contribution in [3.63, 3.8) is 0 Å². The second-order valence-corrected chi connectivity index (χ2v) is 13.8. The van der Waals surface area contributed by atoms with Crippen LogP contribution in [0.1, 0.15) is 54.1 Å². The van der Waals surface area contributed by atoms with Crippen LogP contribution in [0, 0.1) is 5.92 Å². The highest BCUT2D eigenvalue weighted by molar-refractivity contribution is 7.92. The number of fused-ring (bicyclic) bond motifs is 2. The maximum absolute atomic E-state index is 13.9. The maximum Gasteiger partial charge on any atom is 0.329 e. The van der Waals surface area contributed by atoms with Crippen molar-refractivity contribution in [1.82, 2.24) is 23.8 Å². The molecule has 2 saturated carbocycles. The van der Waals surface area contributed by atoms with E-state index in [1.165, 1.54) is 6.07 Å². The number of alkyl halides is 3. The molecule has 0 radical (unpaired) electrons. The molecule has 10 nitrogen and oxygen atoms in total. The summed E-state index contributed by atoms with van der Waals surface area (Å²) in [5.41, 5.74) is 9.82. The number of rotatable bonds is 8. The number of anilines is 1. The molecule has 1 amide bonds. The summed E-state index contributed by atoms with van der Waals surface area (Å²) in [4.78, 5) is 24.3. The molecule has 2 N–H and O–H groups in total. The van der Waals surface area contributed by atoms with E-state index in [-0.39, 0.29) is 34.9 Å². The lowest BCUT2D eigenvalue weighted by molar-refractivity contribution is 0.0630. The minimum absolute atomic E-state index is 0.0304. The average molecular weight is 616 g/mol. The Morgan fingerprint density at radius 1 is 1.12 bits per heavy atom. The van der Waals surface area contributed by atoms with Gasteiger partial charge in [-0.25, -0.2) is 22.8 Å². The maximum atomic E-state index is 13.9. The molecule has 2 aliphatic carbocycles. The predicted octanol–water partition coefficient (Wildman–Crippen LogP) is 4.14. The Labute approximate surface area is 246 Å². The van der Waals surface area contributed by atoms with Crippen molar-refractivity contribution in [2.75, 3.05) is 23.7 Å². The summed E-state index contributed by atoms with van der Waals surface area (Å²) in [5.74, 6) is 0.0927. The molecule has 1 saturated heterocycles. The number of hydrogen-bond donors (Lipinski definition) is 1. The van der Waals surface area contributed by atoms with Crippen LogP contribution >= 0.6 is 0 Å². The molecule has 0 bridgehead atoms. The van der Waals surface area contributed by atoms with Gasteiger partial charge in [-0.2, -0.15) is 13.1 Å². The van der Waals surface area contributed by atoms with Crippen molar-refractivity contribution >= 4 is 38.4 Å². The zero-order valence-corrected chi connectivity index (χ0v) is 24.4. The number of piperidine rings is 1. The number of amides is 1. The third kappa shape index (κ3) is 5.13. The Balaban J connectivity index is 1.34. The standard InChI is InChI=1S/C29H32F3N7O3S/c1-43(41,42)39(29(31)32)23-7-6-18-12-22(38(27(18)35-23)14-16-2-3-16)25-26(17-4-5-17)37-11-8-19(13-24(37)34-25)28(40)36-10-9-20(30)21(33)15-36/h6-8,11-13,16-17,20-21,29H,2-5,9-10,14-15,33H2,1H3/t20-,21+/m1/s1. The molecule has 5 heterocycles. The number of nitrogens with zero attached hydrogens (tertiary/aromatic N) is 6. The van der Waals surface area contributed by atoms with E-state index in [0.29, 0.717) is 41.3 Å². The minimum Gasteiger partial charge on any atom is -0.337 e. The summed E-state index contributed by atoms with van der Waals surface area (Å²) in [6, 6.07) is 7.60. The van der Waals surface area contributed by atoms with Gasteiger partial charge in [-0.15, -0.1) is 0 Å². The number of aromatic nitrogens is 4. The Hall–Kier alpha value is -3.65. The van der Waals surface area contributed by atoms with Crippen LogP contribution in [-0.2, 0) is 16.6 Å². The molecular formula is C29H32F3N7O3S. The molecule has 0 aromatic carbocycles. The van der Waals surface area contributed by atoms with Gasteiger partial charge in [-0.05, 0) is 68.4 Å².